The molecule has 0 saturated heterocycles. The Bertz CT molecular complexity index is 476. The van der Waals surface area contributed by atoms with Crippen LogP contribution in [0.2, 0.25) is 0 Å². The van der Waals surface area contributed by atoms with Gasteiger partial charge in [0.05, 0.1) is 6.26 Å². The number of hydrogen-bond acceptors (Lipinski definition) is 2. The monoisotopic (exact) mass is 243 g/mol. The zero-order valence-electron chi connectivity index (χ0n) is 10.5. The lowest BCUT2D eigenvalue weighted by Gasteiger charge is -2.20. The van der Waals surface area contributed by atoms with E-state index in [1.807, 2.05) is 49.4 Å². The summed E-state index contributed by atoms with van der Waals surface area (Å²) in [4.78, 5) is 13.9. The molecule has 0 saturated carbocycles. The van der Waals surface area contributed by atoms with E-state index in [1.54, 1.807) is 11.2 Å². The van der Waals surface area contributed by atoms with Crippen molar-refractivity contribution in [2.75, 3.05) is 11.4 Å². The molecule has 3 heteroatoms. The average molecular weight is 243 g/mol. The highest BCUT2D eigenvalue weighted by molar-refractivity contribution is 5.93. The molecule has 0 aliphatic carbocycles. The van der Waals surface area contributed by atoms with Gasteiger partial charge in [0.1, 0.15) is 5.76 Å². The van der Waals surface area contributed by atoms with Crippen LogP contribution in [0.5, 0.6) is 0 Å². The van der Waals surface area contributed by atoms with Gasteiger partial charge >= 0.3 is 0 Å². The minimum Gasteiger partial charge on any atom is -0.469 e. The highest BCUT2D eigenvalue weighted by atomic mass is 16.3. The molecule has 0 aliphatic rings. The van der Waals surface area contributed by atoms with Gasteiger partial charge in [-0.15, -0.1) is 0 Å². The SMILES string of the molecule is CCN(C(=O)CCc1ccco1)c1ccccc1. The van der Waals surface area contributed by atoms with Crippen LogP contribution in [0.3, 0.4) is 0 Å². The Kier molecular flexibility index (Phi) is 4.18. The van der Waals surface area contributed by atoms with Crippen molar-refractivity contribution >= 4 is 11.6 Å². The third-order valence-corrected chi connectivity index (χ3v) is 2.85. The van der Waals surface area contributed by atoms with Crippen molar-refractivity contribution in [3.63, 3.8) is 0 Å². The number of amides is 1. The van der Waals surface area contributed by atoms with Crippen LogP contribution < -0.4 is 4.90 Å². The molecule has 3 nitrogen and oxygen atoms in total. The van der Waals surface area contributed by atoms with E-state index in [1.165, 1.54) is 0 Å². The second-order valence-corrected chi connectivity index (χ2v) is 4.05. The number of rotatable bonds is 5. The van der Waals surface area contributed by atoms with Crippen LogP contribution in [0.25, 0.3) is 0 Å². The molecule has 1 aromatic carbocycles. The Hall–Kier alpha value is -2.03. The molecule has 0 bridgehead atoms. The maximum absolute atomic E-state index is 12.2. The van der Waals surface area contributed by atoms with Gasteiger partial charge in [0.15, 0.2) is 0 Å². The molecule has 94 valence electrons. The average Bonchev–Trinajstić information content (AvgIpc) is 2.92. The van der Waals surface area contributed by atoms with Gasteiger partial charge in [-0.1, -0.05) is 18.2 Å². The van der Waals surface area contributed by atoms with E-state index in [9.17, 15) is 4.79 Å². The maximum atomic E-state index is 12.2. The van der Waals surface area contributed by atoms with E-state index in [4.69, 9.17) is 4.42 Å². The molecule has 0 aliphatic heterocycles. The van der Waals surface area contributed by atoms with Crippen LogP contribution in [0, 0.1) is 0 Å². The second-order valence-electron chi connectivity index (χ2n) is 4.05. The van der Waals surface area contributed by atoms with Gasteiger partial charge in [0.25, 0.3) is 0 Å². The Balaban J connectivity index is 1.98. The topological polar surface area (TPSA) is 33.5 Å². The number of para-hydroxylation sites is 1. The minimum absolute atomic E-state index is 0.125. The summed E-state index contributed by atoms with van der Waals surface area (Å²) in [7, 11) is 0. The first-order valence-corrected chi connectivity index (χ1v) is 6.19. The molecular weight excluding hydrogens is 226 g/mol. The molecule has 2 rings (SSSR count). The van der Waals surface area contributed by atoms with Gasteiger partial charge in [-0.25, -0.2) is 0 Å². The molecule has 0 radical (unpaired) electrons. The Morgan fingerprint density at radius 3 is 2.56 bits per heavy atom. The Labute approximate surface area is 107 Å². The molecule has 18 heavy (non-hydrogen) atoms. The maximum Gasteiger partial charge on any atom is 0.227 e. The van der Waals surface area contributed by atoms with Crippen LogP contribution in [0.15, 0.2) is 53.1 Å². The fraction of sp³-hybridized carbons (Fsp3) is 0.267. The second kappa shape index (κ2) is 6.05. The minimum atomic E-state index is 0.125. The molecular formula is C15H17NO2. The predicted molar refractivity (Wildman–Crippen MR) is 71.5 cm³/mol. The number of nitrogens with zero attached hydrogens (tertiary/aromatic N) is 1. The Morgan fingerprint density at radius 2 is 1.94 bits per heavy atom. The third kappa shape index (κ3) is 3.00. The van der Waals surface area contributed by atoms with E-state index in [-0.39, 0.29) is 5.91 Å². The lowest BCUT2D eigenvalue weighted by molar-refractivity contribution is -0.118. The van der Waals surface area contributed by atoms with Gasteiger partial charge in [-0.2, -0.15) is 0 Å². The van der Waals surface area contributed by atoms with Crippen molar-refractivity contribution in [2.24, 2.45) is 0 Å². The van der Waals surface area contributed by atoms with E-state index in [0.29, 0.717) is 19.4 Å². The van der Waals surface area contributed by atoms with E-state index in [2.05, 4.69) is 0 Å². The molecule has 1 amide bonds. The smallest absolute Gasteiger partial charge is 0.227 e. The van der Waals surface area contributed by atoms with Gasteiger partial charge in [0, 0.05) is 25.1 Å². The number of furan rings is 1. The number of carbonyl (C=O) groups is 1. The number of anilines is 1. The molecule has 0 atom stereocenters. The van der Waals surface area contributed by atoms with Gasteiger partial charge in [-0.3, -0.25) is 4.79 Å². The van der Waals surface area contributed by atoms with Crippen LogP contribution >= 0.6 is 0 Å². The van der Waals surface area contributed by atoms with Crippen LogP contribution in [0.1, 0.15) is 19.1 Å². The molecule has 2 aromatic rings. The molecule has 1 heterocycles. The molecule has 0 spiro atoms. The third-order valence-electron chi connectivity index (χ3n) is 2.85. The normalized spacial score (nSPS) is 10.3. The summed E-state index contributed by atoms with van der Waals surface area (Å²) < 4.78 is 5.23. The van der Waals surface area contributed by atoms with Gasteiger partial charge < -0.3 is 9.32 Å². The van der Waals surface area contributed by atoms with Crippen molar-refractivity contribution in [1.29, 1.82) is 0 Å². The highest BCUT2D eigenvalue weighted by Crippen LogP contribution is 2.15. The number of aryl methyl sites for hydroxylation is 1. The first-order chi connectivity index (χ1) is 8.81. The molecule has 0 fully saturated rings. The Morgan fingerprint density at radius 1 is 1.17 bits per heavy atom. The van der Waals surface area contributed by atoms with Crippen molar-refractivity contribution in [2.45, 2.75) is 19.8 Å². The van der Waals surface area contributed by atoms with E-state index in [0.717, 1.165) is 11.4 Å². The van der Waals surface area contributed by atoms with Gasteiger partial charge in [-0.05, 0) is 31.2 Å². The number of benzene rings is 1. The zero-order valence-corrected chi connectivity index (χ0v) is 10.5. The van der Waals surface area contributed by atoms with Crippen LogP contribution in [0.4, 0.5) is 5.69 Å². The highest BCUT2D eigenvalue weighted by Gasteiger charge is 2.13. The quantitative estimate of drug-likeness (QED) is 0.807. The lowest BCUT2D eigenvalue weighted by Crippen LogP contribution is -2.30. The molecule has 0 N–H and O–H groups in total. The summed E-state index contributed by atoms with van der Waals surface area (Å²) in [6.07, 6.45) is 2.75. The number of carbonyl (C=O) groups excluding carboxylic acids is 1. The van der Waals surface area contributed by atoms with Crippen molar-refractivity contribution in [3.05, 3.63) is 54.5 Å². The molecule has 0 unspecified atom stereocenters. The number of hydrogen-bond donors (Lipinski definition) is 0. The van der Waals surface area contributed by atoms with Crippen LogP contribution in [-0.4, -0.2) is 12.5 Å². The summed E-state index contributed by atoms with van der Waals surface area (Å²) >= 11 is 0. The van der Waals surface area contributed by atoms with Crippen molar-refractivity contribution in [3.8, 4) is 0 Å². The van der Waals surface area contributed by atoms with E-state index >= 15 is 0 Å². The molecule has 1 aromatic heterocycles. The lowest BCUT2D eigenvalue weighted by atomic mass is 10.2. The summed E-state index contributed by atoms with van der Waals surface area (Å²) in [5.74, 6) is 0.979. The summed E-state index contributed by atoms with van der Waals surface area (Å²) in [6, 6.07) is 13.5. The van der Waals surface area contributed by atoms with Crippen LogP contribution in [-0.2, 0) is 11.2 Å². The fourth-order valence-electron chi connectivity index (χ4n) is 1.93. The van der Waals surface area contributed by atoms with Crippen molar-refractivity contribution < 1.29 is 9.21 Å². The fourth-order valence-corrected chi connectivity index (χ4v) is 1.93. The van der Waals surface area contributed by atoms with Crippen molar-refractivity contribution in [1.82, 2.24) is 0 Å². The summed E-state index contributed by atoms with van der Waals surface area (Å²) in [5, 5.41) is 0. The largest absolute Gasteiger partial charge is 0.469 e. The standard InChI is InChI=1S/C15H17NO2/c1-2-16(13-7-4-3-5-8-13)15(17)11-10-14-9-6-12-18-14/h3-9,12H,2,10-11H2,1H3. The zero-order chi connectivity index (χ0) is 12.8. The van der Waals surface area contributed by atoms with Gasteiger partial charge in [0.2, 0.25) is 5.91 Å². The summed E-state index contributed by atoms with van der Waals surface area (Å²) in [5.41, 5.74) is 0.949. The summed E-state index contributed by atoms with van der Waals surface area (Å²) in [6.45, 7) is 2.67. The first-order valence-electron chi connectivity index (χ1n) is 6.19. The first kappa shape index (κ1) is 12.4. The predicted octanol–water partition coefficient (Wildman–Crippen LogP) is 3.27. The van der Waals surface area contributed by atoms with E-state index < -0.39 is 0 Å².